The third-order valence-electron chi connectivity index (χ3n) is 4.05. The van der Waals surface area contributed by atoms with Crippen molar-refractivity contribution in [1.82, 2.24) is 19.4 Å². The summed E-state index contributed by atoms with van der Waals surface area (Å²) in [6.45, 7) is 2.94. The third kappa shape index (κ3) is 3.67. The first kappa shape index (κ1) is 18.6. The maximum atomic E-state index is 13.3. The van der Waals surface area contributed by atoms with Crippen LogP contribution in [0.3, 0.4) is 0 Å². The Labute approximate surface area is 137 Å². The molecule has 2 rings (SSSR count). The van der Waals surface area contributed by atoms with E-state index >= 15 is 0 Å². The van der Waals surface area contributed by atoms with Gasteiger partial charge in [0.1, 0.15) is 15.3 Å². The highest BCUT2D eigenvalue weighted by molar-refractivity contribution is 7.89. The topological polar surface area (TPSA) is 66.4 Å². The largest absolute Gasteiger partial charge is 0.394 e. The number of rotatable bonds is 4. The summed E-state index contributed by atoms with van der Waals surface area (Å²) in [7, 11) is -1.51. The van der Waals surface area contributed by atoms with Crippen LogP contribution in [0, 0.1) is 12.8 Å². The summed E-state index contributed by atoms with van der Waals surface area (Å²) in [5.74, 6) is -1.91. The Morgan fingerprint density at radius 2 is 1.91 bits per heavy atom. The molecular weight excluding hydrogens is 353 g/mol. The Bertz CT molecular complexity index is 660. The maximum Gasteiger partial charge on any atom is 0.394 e. The third-order valence-corrected chi connectivity index (χ3v) is 7.32. The molecule has 1 aromatic heterocycles. The second-order valence-electron chi connectivity index (χ2n) is 5.80. The van der Waals surface area contributed by atoms with Crippen molar-refractivity contribution in [1.29, 1.82) is 0 Å². The molecule has 1 fully saturated rings. The fraction of sp³-hybridized carbons (Fsp3) is 0.833. The van der Waals surface area contributed by atoms with Crippen LogP contribution in [0.25, 0.3) is 0 Å². The molecule has 0 saturated carbocycles. The Hall–Kier alpha value is -0.780. The molecule has 23 heavy (non-hydrogen) atoms. The first-order valence-corrected chi connectivity index (χ1v) is 9.28. The first-order valence-electron chi connectivity index (χ1n) is 6.96. The minimum Gasteiger partial charge on any atom is -0.292 e. The van der Waals surface area contributed by atoms with Crippen molar-refractivity contribution >= 4 is 21.4 Å². The number of alkyl halides is 3. The van der Waals surface area contributed by atoms with Gasteiger partial charge < -0.3 is 0 Å². The van der Waals surface area contributed by atoms with Crippen molar-refractivity contribution in [3.8, 4) is 0 Å². The second-order valence-corrected chi connectivity index (χ2v) is 9.38. The number of aromatic nitrogens is 2. The lowest BCUT2D eigenvalue weighted by Gasteiger charge is -2.24. The molecule has 1 unspecified atom stereocenters. The van der Waals surface area contributed by atoms with Gasteiger partial charge in [-0.2, -0.15) is 13.2 Å². The molecule has 11 heteroatoms. The molecule has 6 nitrogen and oxygen atoms in total. The van der Waals surface area contributed by atoms with E-state index in [1.54, 1.807) is 13.8 Å². The smallest absolute Gasteiger partial charge is 0.292 e. The summed E-state index contributed by atoms with van der Waals surface area (Å²) in [6.07, 6.45) is -4.57. The molecule has 132 valence electrons. The predicted molar refractivity (Wildman–Crippen MR) is 80.6 cm³/mol. The van der Waals surface area contributed by atoms with Gasteiger partial charge in [0.25, 0.3) is 0 Å². The van der Waals surface area contributed by atoms with E-state index in [-0.39, 0.29) is 13.1 Å². The van der Waals surface area contributed by atoms with Gasteiger partial charge in [0, 0.05) is 27.2 Å². The summed E-state index contributed by atoms with van der Waals surface area (Å²) in [4.78, 5) is 1.52. The summed E-state index contributed by atoms with van der Waals surface area (Å²) in [5.41, 5.74) is 0. The summed E-state index contributed by atoms with van der Waals surface area (Å²) >= 11 is 1.30. The maximum absolute atomic E-state index is 13.3. The van der Waals surface area contributed by atoms with Crippen molar-refractivity contribution in [2.45, 2.75) is 31.3 Å². The zero-order valence-corrected chi connectivity index (χ0v) is 14.8. The van der Waals surface area contributed by atoms with E-state index in [4.69, 9.17) is 0 Å². The molecule has 3 atom stereocenters. The van der Waals surface area contributed by atoms with E-state index in [0.717, 1.165) is 9.31 Å². The van der Waals surface area contributed by atoms with Crippen LogP contribution in [0.2, 0.25) is 0 Å². The molecular formula is C12H19F3N4O2S2. The van der Waals surface area contributed by atoms with E-state index in [1.165, 1.54) is 30.3 Å². The Kier molecular flexibility index (Phi) is 5.05. The van der Waals surface area contributed by atoms with Crippen LogP contribution in [0.1, 0.15) is 23.0 Å². The number of aryl methyl sites for hydroxylation is 1. The van der Waals surface area contributed by atoms with Gasteiger partial charge in [-0.3, -0.25) is 4.90 Å². The van der Waals surface area contributed by atoms with E-state index in [1.807, 2.05) is 0 Å². The average molecular weight is 372 g/mol. The van der Waals surface area contributed by atoms with Crippen LogP contribution in [0.5, 0.6) is 0 Å². The predicted octanol–water partition coefficient (Wildman–Crippen LogP) is 1.66. The van der Waals surface area contributed by atoms with Gasteiger partial charge >= 0.3 is 6.18 Å². The average Bonchev–Trinajstić information content (AvgIpc) is 3.03. The zero-order valence-electron chi connectivity index (χ0n) is 13.2. The minimum absolute atomic E-state index is 0.176. The monoisotopic (exact) mass is 372 g/mol. The molecule has 1 aromatic rings. The molecule has 0 N–H and O–H groups in total. The standard InChI is InChI=1S/C12H19F3N4O2S2/c1-7(11-17-16-8(2)22-11)19-5-9(12(13,14)15)10(6-19)23(20,21)18(3)4/h7,9-10H,5-6H2,1-4H3/t7?,9-,10-/m0/s1. The normalized spacial score (nSPS) is 25.2. The Morgan fingerprint density at radius 1 is 1.30 bits per heavy atom. The minimum atomic E-state index is -4.57. The molecule has 1 aliphatic heterocycles. The number of sulfonamides is 1. The lowest BCUT2D eigenvalue weighted by Crippen LogP contribution is -2.43. The molecule has 1 saturated heterocycles. The zero-order chi connectivity index (χ0) is 17.6. The summed E-state index contributed by atoms with van der Waals surface area (Å²) in [6, 6.07) is -0.409. The van der Waals surface area contributed by atoms with E-state index in [2.05, 4.69) is 10.2 Å². The lowest BCUT2D eigenvalue weighted by molar-refractivity contribution is -0.170. The quantitative estimate of drug-likeness (QED) is 0.804. The molecule has 1 aliphatic rings. The molecule has 0 spiro atoms. The summed E-state index contributed by atoms with van der Waals surface area (Å²) in [5, 5.41) is 7.62. The number of hydrogen-bond donors (Lipinski definition) is 0. The molecule has 0 amide bonds. The lowest BCUT2D eigenvalue weighted by atomic mass is 10.1. The Balaban J connectivity index is 2.30. The molecule has 0 aliphatic carbocycles. The van der Waals surface area contributed by atoms with Gasteiger partial charge in [0.05, 0.1) is 12.0 Å². The highest BCUT2D eigenvalue weighted by Crippen LogP contribution is 2.40. The van der Waals surface area contributed by atoms with E-state index < -0.39 is 33.4 Å². The molecule has 0 bridgehead atoms. The van der Waals surface area contributed by atoms with Crippen LogP contribution in [-0.2, 0) is 10.0 Å². The summed E-state index contributed by atoms with van der Waals surface area (Å²) < 4.78 is 65.3. The van der Waals surface area contributed by atoms with Crippen LogP contribution < -0.4 is 0 Å². The first-order chi connectivity index (χ1) is 10.4. The van der Waals surface area contributed by atoms with E-state index in [0.29, 0.717) is 5.01 Å². The van der Waals surface area contributed by atoms with Crippen LogP contribution in [-0.4, -0.2) is 66.4 Å². The van der Waals surface area contributed by atoms with Gasteiger partial charge in [-0.1, -0.05) is 0 Å². The van der Waals surface area contributed by atoms with Crippen molar-refractivity contribution in [3.63, 3.8) is 0 Å². The van der Waals surface area contributed by atoms with Crippen LogP contribution in [0.4, 0.5) is 13.2 Å². The van der Waals surface area contributed by atoms with Crippen LogP contribution >= 0.6 is 11.3 Å². The molecule has 0 radical (unpaired) electrons. The van der Waals surface area contributed by atoms with Gasteiger partial charge in [-0.25, -0.2) is 12.7 Å². The van der Waals surface area contributed by atoms with Crippen LogP contribution in [0.15, 0.2) is 0 Å². The highest BCUT2D eigenvalue weighted by atomic mass is 32.2. The number of nitrogens with zero attached hydrogens (tertiary/aromatic N) is 4. The molecule has 2 heterocycles. The van der Waals surface area contributed by atoms with Gasteiger partial charge in [0.15, 0.2) is 0 Å². The number of halogens is 3. The van der Waals surface area contributed by atoms with Gasteiger partial charge in [0.2, 0.25) is 10.0 Å². The van der Waals surface area contributed by atoms with Crippen molar-refractivity contribution in [2.75, 3.05) is 27.2 Å². The molecule has 0 aromatic carbocycles. The fourth-order valence-corrected chi connectivity index (χ4v) is 5.01. The number of likely N-dealkylation sites (tertiary alicyclic amines) is 1. The SMILES string of the molecule is Cc1nnc(C(C)N2C[C@H](C(F)(F)F)[C@@H](S(=O)(=O)N(C)C)C2)s1. The Morgan fingerprint density at radius 3 is 2.35 bits per heavy atom. The van der Waals surface area contributed by atoms with Crippen molar-refractivity contribution in [2.24, 2.45) is 5.92 Å². The van der Waals surface area contributed by atoms with Crippen molar-refractivity contribution < 1.29 is 21.6 Å². The van der Waals surface area contributed by atoms with Gasteiger partial charge in [-0.05, 0) is 13.8 Å². The number of hydrogen-bond acceptors (Lipinski definition) is 6. The second kappa shape index (κ2) is 6.26. The fourth-order valence-electron chi connectivity index (χ4n) is 2.64. The van der Waals surface area contributed by atoms with Crippen molar-refractivity contribution in [3.05, 3.63) is 10.0 Å². The van der Waals surface area contributed by atoms with Gasteiger partial charge in [-0.15, -0.1) is 21.5 Å². The highest BCUT2D eigenvalue weighted by Gasteiger charge is 2.55. The van der Waals surface area contributed by atoms with E-state index in [9.17, 15) is 21.6 Å².